The smallest absolute Gasteiger partial charge is 0.407 e. The Hall–Kier alpha value is -4.26. The van der Waals surface area contributed by atoms with Crippen LogP contribution in [0.25, 0.3) is 22.3 Å². The van der Waals surface area contributed by atoms with Crippen LogP contribution in [0, 0.1) is 5.92 Å². The molecule has 4 aromatic heterocycles. The van der Waals surface area contributed by atoms with E-state index < -0.39 is 23.4 Å². The number of aliphatic hydroxyl groups excluding tert-OH is 1. The van der Waals surface area contributed by atoms with Gasteiger partial charge in [-0.25, -0.2) is 29.5 Å². The largest absolute Gasteiger partial charge is 0.444 e. The first-order chi connectivity index (χ1) is 20.7. The van der Waals surface area contributed by atoms with E-state index in [0.717, 1.165) is 29.6 Å². The van der Waals surface area contributed by atoms with Gasteiger partial charge in [0.05, 0.1) is 29.8 Å². The Bertz CT molecular complexity index is 1380. The lowest BCUT2D eigenvalue weighted by molar-refractivity contribution is 0.0484. The number of ether oxygens (including phenoxy) is 2. The highest BCUT2D eigenvalue weighted by molar-refractivity contribution is 5.71. The molecule has 4 rings (SSSR count). The monoisotopic (exact) mass is 610 g/mol. The average molecular weight is 611 g/mol. The molecule has 0 saturated heterocycles. The summed E-state index contributed by atoms with van der Waals surface area (Å²) in [5.41, 5.74) is 2.41. The van der Waals surface area contributed by atoms with E-state index in [1.54, 1.807) is 39.5 Å². The number of rotatable bonds is 10. The molecule has 3 N–H and O–H groups in total. The molecule has 0 fully saturated rings. The van der Waals surface area contributed by atoms with E-state index in [0.29, 0.717) is 31.1 Å². The fourth-order valence-corrected chi connectivity index (χ4v) is 4.09. The molecule has 0 aromatic carbocycles. The Morgan fingerprint density at radius 2 is 1.23 bits per heavy atom. The van der Waals surface area contributed by atoms with Crippen molar-refractivity contribution in [3.8, 4) is 0 Å². The molecule has 13 nitrogen and oxygen atoms in total. The zero-order chi connectivity index (χ0) is 32.3. The molecule has 4 heterocycles. The van der Waals surface area contributed by atoms with E-state index in [1.807, 2.05) is 55.9 Å². The maximum Gasteiger partial charge on any atom is 0.407 e. The lowest BCUT2D eigenvalue weighted by Gasteiger charge is -2.20. The number of nitrogens with one attached hydrogen (secondary N) is 2. The van der Waals surface area contributed by atoms with Gasteiger partial charge in [-0.05, 0) is 84.6 Å². The molecule has 0 aliphatic rings. The molecular formula is C31H46N8O5. The van der Waals surface area contributed by atoms with Crippen molar-refractivity contribution in [2.75, 3.05) is 13.1 Å². The van der Waals surface area contributed by atoms with Gasteiger partial charge in [0.1, 0.15) is 11.2 Å². The molecule has 0 aliphatic carbocycles. The van der Waals surface area contributed by atoms with Gasteiger partial charge in [-0.1, -0.05) is 6.92 Å². The molecule has 240 valence electrons. The summed E-state index contributed by atoms with van der Waals surface area (Å²) >= 11 is 0. The first-order valence-corrected chi connectivity index (χ1v) is 14.8. The van der Waals surface area contributed by atoms with Crippen LogP contribution in [0.15, 0.2) is 49.3 Å². The third kappa shape index (κ3) is 11.8. The van der Waals surface area contributed by atoms with E-state index in [-0.39, 0.29) is 12.6 Å². The number of imidazole rings is 2. The SMILES string of the molecule is CC(C)(C)OC(=O)NCC(O)CCn1cnc2ncccc21.CC(CCn1cnc2ncccc21)CNC(=O)OC(C)(C)C. The first kappa shape index (κ1) is 34.2. The van der Waals surface area contributed by atoms with Gasteiger partial charge in [-0.3, -0.25) is 0 Å². The number of pyridine rings is 2. The van der Waals surface area contributed by atoms with Crippen molar-refractivity contribution < 1.29 is 24.2 Å². The van der Waals surface area contributed by atoms with E-state index in [2.05, 4.69) is 42.1 Å². The number of fused-ring (bicyclic) bond motifs is 2. The third-order valence-electron chi connectivity index (χ3n) is 6.23. The third-order valence-corrected chi connectivity index (χ3v) is 6.23. The summed E-state index contributed by atoms with van der Waals surface area (Å²) in [6.45, 7) is 15.2. The van der Waals surface area contributed by atoms with Gasteiger partial charge < -0.3 is 34.3 Å². The van der Waals surface area contributed by atoms with Gasteiger partial charge in [0.2, 0.25) is 0 Å². The lowest BCUT2D eigenvalue weighted by atomic mass is 10.1. The standard InChI is InChI=1S/C16H24N4O2.C15H22N4O3/c1-12(10-18-15(21)22-16(2,3)4)7-9-20-11-19-14-13(20)6-5-8-17-14;1-15(2,3)22-14(21)17-9-11(20)6-8-19-10-18-13-12(19)5-4-7-16-13/h5-6,8,11-12H,7,9-10H2,1-4H3,(H,18,21);4-5,7,10-11,20H,6,8-9H2,1-3H3,(H,17,21). The maximum absolute atomic E-state index is 11.6. The highest BCUT2D eigenvalue weighted by Gasteiger charge is 2.18. The number of aliphatic hydroxyl groups is 1. The van der Waals surface area contributed by atoms with Crippen molar-refractivity contribution in [3.63, 3.8) is 0 Å². The van der Waals surface area contributed by atoms with Crippen molar-refractivity contribution in [3.05, 3.63) is 49.3 Å². The van der Waals surface area contributed by atoms with E-state index in [1.165, 1.54) is 0 Å². The van der Waals surface area contributed by atoms with Gasteiger partial charge in [-0.15, -0.1) is 0 Å². The van der Waals surface area contributed by atoms with Crippen molar-refractivity contribution in [2.45, 2.75) is 91.7 Å². The van der Waals surface area contributed by atoms with Crippen molar-refractivity contribution in [2.24, 2.45) is 5.92 Å². The van der Waals surface area contributed by atoms with E-state index in [9.17, 15) is 14.7 Å². The summed E-state index contributed by atoms with van der Waals surface area (Å²) in [7, 11) is 0. The Morgan fingerprint density at radius 3 is 1.70 bits per heavy atom. The van der Waals surface area contributed by atoms with Crippen LogP contribution in [0.1, 0.15) is 61.3 Å². The second-order valence-electron chi connectivity index (χ2n) is 12.7. The van der Waals surface area contributed by atoms with E-state index in [4.69, 9.17) is 9.47 Å². The predicted molar refractivity (Wildman–Crippen MR) is 168 cm³/mol. The van der Waals surface area contributed by atoms with Gasteiger partial charge in [0, 0.05) is 38.6 Å². The number of aromatic nitrogens is 6. The predicted octanol–water partition coefficient (Wildman–Crippen LogP) is 4.69. The van der Waals surface area contributed by atoms with Gasteiger partial charge in [-0.2, -0.15) is 0 Å². The van der Waals surface area contributed by atoms with Gasteiger partial charge >= 0.3 is 12.2 Å². The molecule has 2 amide bonds. The normalized spacial score (nSPS) is 13.1. The van der Waals surface area contributed by atoms with Crippen LogP contribution in [0.3, 0.4) is 0 Å². The number of nitrogens with zero attached hydrogens (tertiary/aromatic N) is 6. The highest BCUT2D eigenvalue weighted by Crippen LogP contribution is 2.13. The summed E-state index contributed by atoms with van der Waals surface area (Å²) in [4.78, 5) is 40.0. The summed E-state index contributed by atoms with van der Waals surface area (Å²) in [6.07, 6.45) is 6.85. The molecule has 2 atom stereocenters. The number of alkyl carbamates (subject to hydrolysis) is 2. The van der Waals surface area contributed by atoms with Gasteiger partial charge in [0.25, 0.3) is 0 Å². The van der Waals surface area contributed by atoms with Crippen molar-refractivity contribution >= 4 is 34.5 Å². The van der Waals surface area contributed by atoms with Crippen LogP contribution in [0.5, 0.6) is 0 Å². The Balaban J connectivity index is 0.000000240. The molecule has 13 heteroatoms. The quantitative estimate of drug-likeness (QED) is 0.232. The Morgan fingerprint density at radius 1 is 0.773 bits per heavy atom. The number of hydrogen-bond acceptors (Lipinski definition) is 9. The van der Waals surface area contributed by atoms with Crippen LogP contribution in [0.2, 0.25) is 0 Å². The molecule has 0 spiro atoms. The topological polar surface area (TPSA) is 158 Å². The minimum Gasteiger partial charge on any atom is -0.444 e. The van der Waals surface area contributed by atoms with Crippen molar-refractivity contribution in [1.82, 2.24) is 39.7 Å². The molecular weight excluding hydrogens is 564 g/mol. The van der Waals surface area contributed by atoms with Gasteiger partial charge in [0.15, 0.2) is 11.3 Å². The fourth-order valence-electron chi connectivity index (χ4n) is 4.09. The van der Waals surface area contributed by atoms with Crippen LogP contribution in [-0.4, -0.2) is 76.8 Å². The number of amides is 2. The summed E-state index contributed by atoms with van der Waals surface area (Å²) in [5.74, 6) is 0.349. The number of hydrogen-bond donors (Lipinski definition) is 3. The zero-order valence-electron chi connectivity index (χ0n) is 26.8. The maximum atomic E-state index is 11.6. The van der Waals surface area contributed by atoms with Crippen LogP contribution < -0.4 is 10.6 Å². The second-order valence-corrected chi connectivity index (χ2v) is 12.7. The fraction of sp³-hybridized carbons (Fsp3) is 0.548. The summed E-state index contributed by atoms with van der Waals surface area (Å²) in [6, 6.07) is 7.70. The number of carbonyl (C=O) groups excluding carboxylic acids is 2. The molecule has 44 heavy (non-hydrogen) atoms. The van der Waals surface area contributed by atoms with Crippen LogP contribution in [0.4, 0.5) is 9.59 Å². The highest BCUT2D eigenvalue weighted by atomic mass is 16.6. The number of carbonyl (C=O) groups is 2. The number of aryl methyl sites for hydroxylation is 2. The average Bonchev–Trinajstić information content (AvgIpc) is 3.55. The lowest BCUT2D eigenvalue weighted by Crippen LogP contribution is -2.37. The van der Waals surface area contributed by atoms with Crippen molar-refractivity contribution in [1.29, 1.82) is 0 Å². The Labute approximate surface area is 258 Å². The summed E-state index contributed by atoms with van der Waals surface area (Å²) in [5, 5.41) is 15.3. The molecule has 0 saturated carbocycles. The molecule has 0 radical (unpaired) electrons. The van der Waals surface area contributed by atoms with Crippen LogP contribution in [-0.2, 0) is 22.6 Å². The first-order valence-electron chi connectivity index (χ1n) is 14.8. The minimum atomic E-state index is -0.651. The minimum absolute atomic E-state index is 0.153. The van der Waals surface area contributed by atoms with Crippen LogP contribution >= 0.6 is 0 Å². The second kappa shape index (κ2) is 15.5. The molecule has 0 bridgehead atoms. The zero-order valence-corrected chi connectivity index (χ0v) is 26.8. The molecule has 4 aromatic rings. The summed E-state index contributed by atoms with van der Waals surface area (Å²) < 4.78 is 14.4. The Kier molecular flexibility index (Phi) is 12.0. The van der Waals surface area contributed by atoms with E-state index >= 15 is 0 Å². The molecule has 2 unspecified atom stereocenters. The molecule has 0 aliphatic heterocycles.